The van der Waals surface area contributed by atoms with Crippen LogP contribution < -0.4 is 0 Å². The van der Waals surface area contributed by atoms with Gasteiger partial charge in [0.2, 0.25) is 0 Å². The third-order valence-corrected chi connectivity index (χ3v) is 3.57. The highest BCUT2D eigenvalue weighted by Crippen LogP contribution is 2.20. The maximum absolute atomic E-state index is 12.3. The van der Waals surface area contributed by atoms with Crippen LogP contribution in [0.3, 0.4) is 0 Å². The molecule has 0 bridgehead atoms. The molecule has 0 radical (unpaired) electrons. The molecule has 124 valence electrons. The number of aromatic amines is 1. The third kappa shape index (κ3) is 3.63. The zero-order valence-electron chi connectivity index (χ0n) is 13.8. The normalized spacial score (nSPS) is 10.1. The number of nitriles is 1. The van der Waals surface area contributed by atoms with Crippen LogP contribution in [0.2, 0.25) is 0 Å². The maximum Gasteiger partial charge on any atom is 0.355 e. The van der Waals surface area contributed by atoms with Gasteiger partial charge in [-0.25, -0.2) is 9.59 Å². The Balaban J connectivity index is 2.12. The van der Waals surface area contributed by atoms with Crippen LogP contribution in [0.25, 0.3) is 0 Å². The number of benzene rings is 1. The summed E-state index contributed by atoms with van der Waals surface area (Å²) >= 11 is 0. The average molecular weight is 326 g/mol. The first-order chi connectivity index (χ1) is 11.5. The summed E-state index contributed by atoms with van der Waals surface area (Å²) in [5.74, 6) is -1.01. The Labute approximate surface area is 140 Å². The van der Waals surface area contributed by atoms with Gasteiger partial charge < -0.3 is 14.5 Å². The highest BCUT2D eigenvalue weighted by Gasteiger charge is 2.23. The molecule has 0 saturated heterocycles. The number of nitrogens with one attached hydrogen (secondary N) is 1. The Hall–Kier alpha value is -3.07. The number of aryl methyl sites for hydroxylation is 1. The molecule has 0 spiro atoms. The molecule has 1 aromatic carbocycles. The van der Waals surface area contributed by atoms with Gasteiger partial charge >= 0.3 is 11.9 Å². The smallest absolute Gasteiger partial charge is 0.355 e. The van der Waals surface area contributed by atoms with Crippen molar-refractivity contribution < 1.29 is 19.1 Å². The predicted molar refractivity (Wildman–Crippen MR) is 86.5 cm³/mol. The van der Waals surface area contributed by atoms with E-state index in [0.29, 0.717) is 22.4 Å². The van der Waals surface area contributed by atoms with Crippen LogP contribution in [0.5, 0.6) is 0 Å². The van der Waals surface area contributed by atoms with Crippen molar-refractivity contribution in [2.45, 2.75) is 27.4 Å². The SMILES string of the molecule is CCOC(=O)c1[nH]c(C)c(C(=O)OCc2ccc(C#N)cc2)c1C. The molecule has 0 atom stereocenters. The molecule has 2 rings (SSSR count). The molecule has 2 aromatic rings. The van der Waals surface area contributed by atoms with E-state index < -0.39 is 11.9 Å². The fraction of sp³-hybridized carbons (Fsp3) is 0.278. The van der Waals surface area contributed by atoms with E-state index in [1.54, 1.807) is 45.0 Å². The van der Waals surface area contributed by atoms with E-state index in [2.05, 4.69) is 4.98 Å². The summed E-state index contributed by atoms with van der Waals surface area (Å²) in [5.41, 5.74) is 2.99. The van der Waals surface area contributed by atoms with Crippen molar-refractivity contribution in [3.63, 3.8) is 0 Å². The second-order valence-electron chi connectivity index (χ2n) is 5.23. The quantitative estimate of drug-likeness (QED) is 0.853. The number of aromatic nitrogens is 1. The van der Waals surface area contributed by atoms with Gasteiger partial charge in [-0.1, -0.05) is 12.1 Å². The lowest BCUT2D eigenvalue weighted by Crippen LogP contribution is -2.09. The summed E-state index contributed by atoms with van der Waals surface area (Å²) in [4.78, 5) is 27.1. The zero-order chi connectivity index (χ0) is 17.7. The summed E-state index contributed by atoms with van der Waals surface area (Å²) in [7, 11) is 0. The lowest BCUT2D eigenvalue weighted by atomic mass is 10.1. The Bertz CT molecular complexity index is 798. The number of carbonyl (C=O) groups excluding carboxylic acids is 2. The van der Waals surface area contributed by atoms with Gasteiger partial charge in [0.15, 0.2) is 0 Å². The van der Waals surface area contributed by atoms with Crippen LogP contribution in [0.1, 0.15) is 50.2 Å². The molecular formula is C18H18N2O4. The van der Waals surface area contributed by atoms with Gasteiger partial charge in [0.25, 0.3) is 0 Å². The van der Waals surface area contributed by atoms with E-state index in [-0.39, 0.29) is 18.9 Å². The fourth-order valence-corrected chi connectivity index (χ4v) is 2.36. The van der Waals surface area contributed by atoms with Gasteiger partial charge in [-0.2, -0.15) is 5.26 Å². The number of nitrogens with zero attached hydrogens (tertiary/aromatic N) is 1. The monoisotopic (exact) mass is 326 g/mol. The molecule has 0 aliphatic heterocycles. The van der Waals surface area contributed by atoms with Crippen molar-refractivity contribution in [3.05, 3.63) is 57.9 Å². The van der Waals surface area contributed by atoms with Gasteiger partial charge in [0, 0.05) is 5.69 Å². The second kappa shape index (κ2) is 7.47. The summed E-state index contributed by atoms with van der Waals surface area (Å²) < 4.78 is 10.3. The highest BCUT2D eigenvalue weighted by molar-refractivity contribution is 5.98. The summed E-state index contributed by atoms with van der Waals surface area (Å²) in [5, 5.41) is 8.77. The molecule has 6 nitrogen and oxygen atoms in total. The molecule has 0 aliphatic carbocycles. The van der Waals surface area contributed by atoms with Crippen LogP contribution >= 0.6 is 0 Å². The van der Waals surface area contributed by atoms with Gasteiger partial charge in [-0.3, -0.25) is 0 Å². The molecular weight excluding hydrogens is 308 g/mol. The molecule has 0 fully saturated rings. The Morgan fingerprint density at radius 1 is 1.12 bits per heavy atom. The molecule has 1 N–H and O–H groups in total. The van der Waals surface area contributed by atoms with Gasteiger partial charge in [0.1, 0.15) is 12.3 Å². The Morgan fingerprint density at radius 2 is 1.79 bits per heavy atom. The molecule has 0 aliphatic rings. The molecule has 0 unspecified atom stereocenters. The first-order valence-electron chi connectivity index (χ1n) is 7.50. The number of ether oxygens (including phenoxy) is 2. The third-order valence-electron chi connectivity index (χ3n) is 3.57. The minimum absolute atomic E-state index is 0.0866. The van der Waals surface area contributed by atoms with Crippen molar-refractivity contribution >= 4 is 11.9 Å². The standard InChI is InChI=1S/C18H18N2O4/c1-4-23-18(22)16-11(2)15(12(3)20-16)17(21)24-10-14-7-5-13(9-19)6-8-14/h5-8,20H,4,10H2,1-3H3. The van der Waals surface area contributed by atoms with E-state index in [0.717, 1.165) is 5.56 Å². The molecule has 0 amide bonds. The average Bonchev–Trinajstić information content (AvgIpc) is 2.88. The first-order valence-corrected chi connectivity index (χ1v) is 7.50. The Morgan fingerprint density at radius 3 is 2.38 bits per heavy atom. The number of hydrogen-bond donors (Lipinski definition) is 1. The van der Waals surface area contributed by atoms with Crippen LogP contribution in [0.4, 0.5) is 0 Å². The summed E-state index contributed by atoms with van der Waals surface area (Å²) in [6.07, 6.45) is 0. The lowest BCUT2D eigenvalue weighted by molar-refractivity contribution is 0.0471. The van der Waals surface area contributed by atoms with E-state index in [9.17, 15) is 9.59 Å². The number of hydrogen-bond acceptors (Lipinski definition) is 5. The number of rotatable bonds is 5. The van der Waals surface area contributed by atoms with Crippen molar-refractivity contribution in [2.75, 3.05) is 6.61 Å². The van der Waals surface area contributed by atoms with Crippen LogP contribution in [-0.2, 0) is 16.1 Å². The van der Waals surface area contributed by atoms with E-state index >= 15 is 0 Å². The van der Waals surface area contributed by atoms with Crippen molar-refractivity contribution in [3.8, 4) is 6.07 Å². The molecule has 0 saturated carbocycles. The molecule has 1 heterocycles. The van der Waals surface area contributed by atoms with Crippen molar-refractivity contribution in [1.82, 2.24) is 4.98 Å². The maximum atomic E-state index is 12.3. The highest BCUT2D eigenvalue weighted by atomic mass is 16.5. The number of esters is 2. The van der Waals surface area contributed by atoms with E-state index in [1.165, 1.54) is 0 Å². The minimum Gasteiger partial charge on any atom is -0.461 e. The molecule has 1 aromatic heterocycles. The number of carbonyl (C=O) groups is 2. The van der Waals surface area contributed by atoms with Gasteiger partial charge in [-0.05, 0) is 44.0 Å². The second-order valence-corrected chi connectivity index (χ2v) is 5.23. The zero-order valence-corrected chi connectivity index (χ0v) is 13.8. The Kier molecular flexibility index (Phi) is 5.38. The first kappa shape index (κ1) is 17.3. The van der Waals surface area contributed by atoms with E-state index in [4.69, 9.17) is 14.7 Å². The van der Waals surface area contributed by atoms with Gasteiger partial charge in [0.05, 0.1) is 23.8 Å². The largest absolute Gasteiger partial charge is 0.461 e. The van der Waals surface area contributed by atoms with Crippen LogP contribution in [0.15, 0.2) is 24.3 Å². The predicted octanol–water partition coefficient (Wildman–Crippen LogP) is 3.04. The lowest BCUT2D eigenvalue weighted by Gasteiger charge is -2.06. The fourth-order valence-electron chi connectivity index (χ4n) is 2.36. The van der Waals surface area contributed by atoms with E-state index in [1.807, 2.05) is 6.07 Å². The summed E-state index contributed by atoms with van der Waals surface area (Å²) in [6, 6.07) is 8.81. The van der Waals surface area contributed by atoms with Crippen molar-refractivity contribution in [1.29, 1.82) is 5.26 Å². The summed E-state index contributed by atoms with van der Waals surface area (Å²) in [6.45, 7) is 5.44. The van der Waals surface area contributed by atoms with Crippen LogP contribution in [0, 0.1) is 25.2 Å². The minimum atomic E-state index is -0.513. The van der Waals surface area contributed by atoms with Crippen LogP contribution in [-0.4, -0.2) is 23.5 Å². The molecule has 6 heteroatoms. The van der Waals surface area contributed by atoms with Gasteiger partial charge in [-0.15, -0.1) is 0 Å². The molecule has 24 heavy (non-hydrogen) atoms. The number of H-pyrrole nitrogens is 1. The van der Waals surface area contributed by atoms with Crippen molar-refractivity contribution in [2.24, 2.45) is 0 Å². The topological polar surface area (TPSA) is 92.2 Å².